The van der Waals surface area contributed by atoms with Crippen molar-refractivity contribution in [3.8, 4) is 5.75 Å². The predicted octanol–water partition coefficient (Wildman–Crippen LogP) is 2.40. The van der Waals surface area contributed by atoms with Crippen LogP contribution in [0.2, 0.25) is 0 Å². The number of benzene rings is 2. The normalized spacial score (nSPS) is 19.1. The summed E-state index contributed by atoms with van der Waals surface area (Å²) in [6, 6.07) is 11.4. The van der Waals surface area contributed by atoms with Gasteiger partial charge in [-0.05, 0) is 42.4 Å². The molecule has 0 spiro atoms. The van der Waals surface area contributed by atoms with Crippen LogP contribution in [0.3, 0.4) is 0 Å². The number of ketones is 2. The van der Waals surface area contributed by atoms with Crippen LogP contribution in [0.15, 0.2) is 48.0 Å². The first-order chi connectivity index (χ1) is 12.0. The zero-order chi connectivity index (χ0) is 17.7. The Balaban J connectivity index is 1.97. The van der Waals surface area contributed by atoms with Gasteiger partial charge in [0.2, 0.25) is 11.6 Å². The minimum Gasteiger partial charge on any atom is -0.508 e. The van der Waals surface area contributed by atoms with E-state index in [2.05, 4.69) is 10.6 Å². The number of thiocarbonyl (C=S) groups is 1. The molecule has 2 aromatic carbocycles. The third-order valence-electron chi connectivity index (χ3n) is 4.38. The van der Waals surface area contributed by atoms with Gasteiger partial charge in [-0.25, -0.2) is 0 Å². The Labute approximate surface area is 149 Å². The first kappa shape index (κ1) is 15.5. The molecule has 3 N–H and O–H groups in total. The Kier molecular flexibility index (Phi) is 3.43. The number of nitrogens with one attached hydrogen (secondary N) is 2. The van der Waals surface area contributed by atoms with Crippen LogP contribution in [-0.4, -0.2) is 21.8 Å². The summed E-state index contributed by atoms with van der Waals surface area (Å²) in [4.78, 5) is 25.3. The lowest BCUT2D eigenvalue weighted by Crippen LogP contribution is -2.47. The van der Waals surface area contributed by atoms with Crippen LogP contribution in [0.5, 0.6) is 5.75 Å². The second kappa shape index (κ2) is 5.53. The van der Waals surface area contributed by atoms with Crippen LogP contribution < -0.4 is 10.6 Å². The summed E-state index contributed by atoms with van der Waals surface area (Å²) in [7, 11) is 0. The zero-order valence-electron chi connectivity index (χ0n) is 13.3. The number of hydrogen-bond acceptors (Lipinski definition) is 4. The minimum absolute atomic E-state index is 0.0957. The molecule has 1 aliphatic carbocycles. The first-order valence-corrected chi connectivity index (χ1v) is 8.17. The van der Waals surface area contributed by atoms with Crippen LogP contribution >= 0.6 is 12.2 Å². The van der Waals surface area contributed by atoms with Gasteiger partial charge in [0.05, 0.1) is 17.3 Å². The Hall–Kier alpha value is -2.99. The number of phenolic OH excluding ortho intramolecular Hbond substituents is 1. The fourth-order valence-electron chi connectivity index (χ4n) is 3.37. The van der Waals surface area contributed by atoms with Crippen molar-refractivity contribution < 1.29 is 14.7 Å². The molecule has 0 saturated heterocycles. The highest BCUT2D eigenvalue weighted by Gasteiger charge is 2.40. The van der Waals surface area contributed by atoms with Gasteiger partial charge in [0.15, 0.2) is 5.11 Å². The maximum absolute atomic E-state index is 12.8. The highest BCUT2D eigenvalue weighted by atomic mass is 32.1. The maximum Gasteiger partial charge on any atom is 0.234 e. The van der Waals surface area contributed by atoms with Gasteiger partial charge in [0.25, 0.3) is 0 Å². The molecule has 0 bridgehead atoms. The van der Waals surface area contributed by atoms with E-state index in [0.717, 1.165) is 5.56 Å². The number of rotatable bonds is 1. The van der Waals surface area contributed by atoms with Gasteiger partial charge in [0.1, 0.15) is 5.75 Å². The Morgan fingerprint density at radius 2 is 1.76 bits per heavy atom. The van der Waals surface area contributed by atoms with Crippen molar-refractivity contribution in [3.05, 3.63) is 70.3 Å². The summed E-state index contributed by atoms with van der Waals surface area (Å²) < 4.78 is 0. The maximum atomic E-state index is 12.8. The summed E-state index contributed by atoms with van der Waals surface area (Å²) in [5.41, 5.74) is 3.42. The molecule has 5 nitrogen and oxygen atoms in total. The van der Waals surface area contributed by atoms with Crippen molar-refractivity contribution in [2.75, 3.05) is 0 Å². The van der Waals surface area contributed by atoms with Crippen molar-refractivity contribution in [2.24, 2.45) is 0 Å². The quantitative estimate of drug-likeness (QED) is 0.541. The van der Waals surface area contributed by atoms with Crippen LogP contribution in [0, 0.1) is 6.92 Å². The van der Waals surface area contributed by atoms with Crippen molar-refractivity contribution in [1.29, 1.82) is 0 Å². The van der Waals surface area contributed by atoms with E-state index >= 15 is 0 Å². The number of aryl methyl sites for hydroxylation is 1. The molecular formula is C19H14N2O3S. The largest absolute Gasteiger partial charge is 0.508 e. The molecule has 0 aromatic heterocycles. The topological polar surface area (TPSA) is 78.4 Å². The highest BCUT2D eigenvalue weighted by molar-refractivity contribution is 7.80. The van der Waals surface area contributed by atoms with Crippen molar-refractivity contribution in [2.45, 2.75) is 13.0 Å². The van der Waals surface area contributed by atoms with Crippen LogP contribution in [0.1, 0.15) is 33.1 Å². The predicted molar refractivity (Wildman–Crippen MR) is 97.2 cm³/mol. The monoisotopic (exact) mass is 350 g/mol. The van der Waals surface area contributed by atoms with Crippen LogP contribution in [-0.2, 0) is 4.79 Å². The van der Waals surface area contributed by atoms with Crippen LogP contribution in [0.25, 0.3) is 5.70 Å². The van der Waals surface area contributed by atoms with E-state index in [0.29, 0.717) is 33.1 Å². The van der Waals surface area contributed by atoms with Gasteiger partial charge in [-0.2, -0.15) is 0 Å². The van der Waals surface area contributed by atoms with E-state index in [4.69, 9.17) is 12.2 Å². The number of carbonyl (C=O) groups is 2. The van der Waals surface area contributed by atoms with E-state index in [1.807, 2.05) is 19.1 Å². The van der Waals surface area contributed by atoms with Crippen molar-refractivity contribution >= 4 is 34.6 Å². The lowest BCUT2D eigenvalue weighted by molar-refractivity contribution is -0.112. The number of phenols is 1. The summed E-state index contributed by atoms with van der Waals surface area (Å²) in [5, 5.41) is 16.3. The highest BCUT2D eigenvalue weighted by Crippen LogP contribution is 2.37. The Bertz CT molecular complexity index is 974. The minimum atomic E-state index is -0.598. The smallest absolute Gasteiger partial charge is 0.234 e. The second-order valence-electron chi connectivity index (χ2n) is 6.13. The van der Waals surface area contributed by atoms with Gasteiger partial charge in [0, 0.05) is 11.1 Å². The molecule has 6 heteroatoms. The fraction of sp³-hybridized carbons (Fsp3) is 0.105. The molecule has 1 unspecified atom stereocenters. The first-order valence-electron chi connectivity index (χ1n) is 7.76. The van der Waals surface area contributed by atoms with E-state index in [9.17, 15) is 14.7 Å². The van der Waals surface area contributed by atoms with E-state index in [1.165, 1.54) is 0 Å². The molecule has 0 radical (unpaired) electrons. The number of aromatic hydroxyl groups is 1. The molecule has 25 heavy (non-hydrogen) atoms. The zero-order valence-corrected chi connectivity index (χ0v) is 14.1. The van der Waals surface area contributed by atoms with E-state index in [1.54, 1.807) is 30.3 Å². The summed E-state index contributed by atoms with van der Waals surface area (Å²) in [6.45, 7) is 1.85. The molecule has 0 amide bonds. The van der Waals surface area contributed by atoms with Crippen molar-refractivity contribution in [3.63, 3.8) is 0 Å². The number of carbonyl (C=O) groups excluding carboxylic acids is 2. The molecular weight excluding hydrogens is 336 g/mol. The van der Waals surface area contributed by atoms with E-state index < -0.39 is 17.6 Å². The molecule has 1 aliphatic heterocycles. The van der Waals surface area contributed by atoms with Crippen LogP contribution in [0.4, 0.5) is 0 Å². The van der Waals surface area contributed by atoms with E-state index in [-0.39, 0.29) is 5.75 Å². The third kappa shape index (κ3) is 2.42. The summed E-state index contributed by atoms with van der Waals surface area (Å²) >= 11 is 5.30. The fourth-order valence-corrected chi connectivity index (χ4v) is 3.59. The average Bonchev–Trinajstić information content (AvgIpc) is 2.58. The van der Waals surface area contributed by atoms with Crippen molar-refractivity contribution in [1.82, 2.24) is 10.6 Å². The SMILES string of the molecule is Cc1cc(O)cc(C2NC(=S)NC3=C2C(=O)C(=O)c2ccccc23)c1. The molecule has 2 aromatic rings. The number of fused-ring (bicyclic) bond motifs is 2. The van der Waals surface area contributed by atoms with Gasteiger partial charge < -0.3 is 15.7 Å². The molecule has 0 saturated carbocycles. The van der Waals surface area contributed by atoms with Gasteiger partial charge in [-0.15, -0.1) is 0 Å². The third-order valence-corrected chi connectivity index (χ3v) is 4.60. The molecule has 4 rings (SSSR count). The van der Waals surface area contributed by atoms with Gasteiger partial charge in [-0.3, -0.25) is 9.59 Å². The number of hydrogen-bond donors (Lipinski definition) is 3. The standard InChI is InChI=1S/C19H14N2O3S/c1-9-6-10(8-11(22)7-9)15-14-16(21-19(25)20-15)12-4-2-3-5-13(12)17(23)18(14)24/h2-8,15,22H,1H3,(H2,20,21,25). The average molecular weight is 350 g/mol. The van der Waals surface area contributed by atoms with Gasteiger partial charge in [-0.1, -0.05) is 30.3 Å². The lowest BCUT2D eigenvalue weighted by atomic mass is 9.81. The lowest BCUT2D eigenvalue weighted by Gasteiger charge is -2.34. The Morgan fingerprint density at radius 3 is 2.48 bits per heavy atom. The second-order valence-corrected chi connectivity index (χ2v) is 6.53. The molecule has 0 fully saturated rings. The Morgan fingerprint density at radius 1 is 1.04 bits per heavy atom. The number of Topliss-reactive ketones (excluding diaryl/α,β-unsaturated/α-hetero) is 2. The molecule has 1 heterocycles. The molecule has 1 atom stereocenters. The summed E-state index contributed by atoms with van der Waals surface area (Å²) in [5.74, 6) is -1.01. The summed E-state index contributed by atoms with van der Waals surface area (Å²) in [6.07, 6.45) is 0. The molecule has 124 valence electrons. The van der Waals surface area contributed by atoms with Gasteiger partial charge >= 0.3 is 0 Å². The molecule has 2 aliphatic rings.